The molecule has 1 aromatic heterocycles. The number of benzene rings is 1. The van der Waals surface area contributed by atoms with Crippen molar-refractivity contribution < 1.29 is 83.8 Å². The number of carbonyl (C=O) groups excluding carboxylic acids is 7. The molecule has 15 N–H and O–H groups in total. The summed E-state index contributed by atoms with van der Waals surface area (Å²) in [6.45, 7) is 23.7. The average Bonchev–Trinajstić information content (AvgIpc) is 1.53. The van der Waals surface area contributed by atoms with Crippen LogP contribution in [0.3, 0.4) is 0 Å². The molecule has 0 radical (unpaired) electrons. The van der Waals surface area contributed by atoms with Crippen molar-refractivity contribution >= 4 is 77.3 Å². The van der Waals surface area contributed by atoms with E-state index in [1.54, 1.807) is 6.92 Å². The summed E-state index contributed by atoms with van der Waals surface area (Å²) in [5.41, 5.74) is 36.7. The monoisotopic (exact) mass is 1350 g/mol. The molecule has 0 aliphatic carbocycles. The molecule has 7 heterocycles. The molecule has 6 aliphatic heterocycles. The number of aliphatic hydroxyl groups excluding tert-OH is 2. The van der Waals surface area contributed by atoms with Crippen molar-refractivity contribution in [3.63, 3.8) is 0 Å². The Labute approximate surface area is 551 Å². The van der Waals surface area contributed by atoms with Crippen LogP contribution >= 0.6 is 7.82 Å². The largest absolute Gasteiger partial charge is 3.00 e. The molecule has 6 aliphatic rings. The fraction of sp³-hybridized carbons (Fsp3) is 0.619. The van der Waals surface area contributed by atoms with Gasteiger partial charge in [-0.25, -0.2) is 4.98 Å². The Morgan fingerprint density at radius 3 is 1.96 bits per heavy atom. The van der Waals surface area contributed by atoms with Crippen LogP contribution < -0.4 is 44.6 Å². The minimum Gasteiger partial charge on any atom is -0.756 e. The maximum Gasteiger partial charge on any atom is 3.00 e. The fourth-order valence-electron chi connectivity index (χ4n) is 15.3. The van der Waals surface area contributed by atoms with Gasteiger partial charge in [0.15, 0.2) is 6.23 Å². The number of ether oxygens (including phenoxy) is 1. The molecule has 2 aromatic rings. The number of phosphoric acid groups is 1. The summed E-state index contributed by atoms with van der Waals surface area (Å²) in [5, 5.41) is 36.4. The molecule has 1 aromatic carbocycles. The minimum absolute atomic E-state index is 0. The van der Waals surface area contributed by atoms with Crippen molar-refractivity contribution in [1.82, 2.24) is 14.9 Å². The van der Waals surface area contributed by atoms with Crippen LogP contribution in [0.1, 0.15) is 150 Å². The number of fused-ring (bicyclic) bond motifs is 7. The van der Waals surface area contributed by atoms with Crippen molar-refractivity contribution in [2.75, 3.05) is 13.2 Å². The topological polar surface area (TPSA) is 489 Å². The van der Waals surface area contributed by atoms with Crippen LogP contribution in [0.25, 0.3) is 16.4 Å². The van der Waals surface area contributed by atoms with E-state index in [1.807, 2.05) is 80.5 Å². The first-order valence-corrected chi connectivity index (χ1v) is 32.2. The molecule has 0 spiro atoms. The Balaban J connectivity index is 0.00000453. The fourth-order valence-corrected chi connectivity index (χ4v) is 16.4. The maximum atomic E-state index is 14.4. The standard InChI is InChI=1S/C62H90N13O14P.CN.Co/c1-29-20-39-40(21-30(29)2)75(28-70-39)57-52(84)53(41(27-76)87-57)89-90(85,86)88-31(3)26-69-49(83)18-19-59(8)37(22-46(66)80)56-62(11)61(10,25-48(68)82)36(14-17-45(65)79)51(74-62)33(5)55-60(9,24-47(67)81)34(12-15-43(63)77)38(71-55)23-42-58(6,7)35(13-16-44(64)78)50(72-42)32(4)54(59)73-56;1-2;/h20-21,23,28,31,34-37,41,52-53,56-57,76,84H,12-19,22,24-27H2,1-11H3,(H15,63,64,65,66,67,68,69,71,72,73,74,77,78,79,80,81,82,83,85,86);;/q;-1;+3/p-2/t31-,34-,35-,36-,37+,41-,52-,53-,56-,57+,59-,60+,61+,62+;;/m0../s1. The number of allylic oxidation sites excluding steroid dienone is 6. The smallest absolute Gasteiger partial charge is 0.756 e. The van der Waals surface area contributed by atoms with Gasteiger partial charge in [0.1, 0.15) is 18.3 Å². The van der Waals surface area contributed by atoms with E-state index in [9.17, 15) is 53.2 Å². The average molecular weight is 1360 g/mol. The van der Waals surface area contributed by atoms with Crippen molar-refractivity contribution in [2.45, 2.75) is 189 Å². The number of amides is 7. The van der Waals surface area contributed by atoms with Crippen LogP contribution in [-0.2, 0) is 68.7 Å². The van der Waals surface area contributed by atoms with Crippen LogP contribution in [-0.4, -0.2) is 127 Å². The van der Waals surface area contributed by atoms with Gasteiger partial charge in [-0.05, 0) is 118 Å². The van der Waals surface area contributed by atoms with Crippen LogP contribution in [0.4, 0.5) is 0 Å². The molecular weight excluding hydrogens is 1270 g/mol. The van der Waals surface area contributed by atoms with Gasteiger partial charge in [-0.1, -0.05) is 47.1 Å². The van der Waals surface area contributed by atoms with Gasteiger partial charge in [0.2, 0.25) is 41.4 Å². The summed E-state index contributed by atoms with van der Waals surface area (Å²) in [4.78, 5) is 128. The molecular formula is C63H88CoN14O14P. The normalized spacial score (nSPS) is 32.4. The van der Waals surface area contributed by atoms with E-state index in [0.29, 0.717) is 56.4 Å². The van der Waals surface area contributed by atoms with Crippen LogP contribution in [0, 0.1) is 71.0 Å². The first-order chi connectivity index (χ1) is 42.8. The SMILES string of the molecule is CC1=C2N=C(/C=C3N=C(/C(C)=C4\[N-][C@](C)([C@H]5N=C1[C@@](C)(CCC(=O)NC[C@H](C)OP(=O)([O-])O[C@@H]1[C@H](O)[C@H](n6cnc7cc(C)c(C)cc76)O[C@H]1CO)[C@@H]5CC(N)=O)[C@](C)(CC(N)=O)[C@H]4CCC(N)=O)[C@](C)(CC(N)=O)[C@H]\3CCC(N)=O)C(C)(C)[C@H]2CCC(N)=O.[C-]#N.[Co+3]. The Bertz CT molecular complexity index is 3600. The predicted octanol–water partition coefficient (Wildman–Crippen LogP) is 3.41. The second kappa shape index (κ2) is 28.5. The zero-order valence-electron chi connectivity index (χ0n) is 54.4. The number of nitrogens with zero attached hydrogens (tertiary/aromatic N) is 7. The number of nitrogens with one attached hydrogen (secondary N) is 1. The number of hydrogen-bond acceptors (Lipinski definition) is 19. The van der Waals surface area contributed by atoms with Crippen LogP contribution in [0.15, 0.2) is 67.8 Å². The Morgan fingerprint density at radius 2 is 1.39 bits per heavy atom. The zero-order chi connectivity index (χ0) is 68.7. The molecule has 7 amide bonds. The third-order valence-electron chi connectivity index (χ3n) is 20.5. The summed E-state index contributed by atoms with van der Waals surface area (Å²) in [7, 11) is -5.32. The number of aryl methyl sites for hydroxylation is 2. The van der Waals surface area contributed by atoms with Crippen molar-refractivity contribution in [1.29, 1.82) is 5.26 Å². The van der Waals surface area contributed by atoms with Gasteiger partial charge in [0.25, 0.3) is 7.82 Å². The number of imidazole rings is 1. The van der Waals surface area contributed by atoms with E-state index in [4.69, 9.17) is 80.3 Å². The molecule has 2 fully saturated rings. The summed E-state index contributed by atoms with van der Waals surface area (Å²) >= 11 is 0. The second-order valence-corrected chi connectivity index (χ2v) is 28.3. The zero-order valence-corrected chi connectivity index (χ0v) is 56.4. The summed E-state index contributed by atoms with van der Waals surface area (Å²) < 4.78 is 31.9. The maximum absolute atomic E-state index is 14.4. The third kappa shape index (κ3) is 14.6. The van der Waals surface area contributed by atoms with E-state index >= 15 is 0 Å². The van der Waals surface area contributed by atoms with Gasteiger partial charge in [-0.15, -0.1) is 0 Å². The van der Waals surface area contributed by atoms with Gasteiger partial charge < -0.3 is 90.3 Å². The van der Waals surface area contributed by atoms with E-state index in [0.717, 1.165) is 11.1 Å². The van der Waals surface area contributed by atoms with Crippen molar-refractivity contribution in [2.24, 2.45) is 94.7 Å². The van der Waals surface area contributed by atoms with Crippen molar-refractivity contribution in [3.8, 4) is 0 Å². The third-order valence-corrected chi connectivity index (χ3v) is 21.6. The number of nitrogens with two attached hydrogens (primary N) is 6. The molecule has 28 nitrogen and oxygen atoms in total. The second-order valence-electron chi connectivity index (χ2n) is 27.0. The van der Waals surface area contributed by atoms with Crippen molar-refractivity contribution in [3.05, 3.63) is 75.8 Å². The summed E-state index contributed by atoms with van der Waals surface area (Å²) in [6.07, 6.45) is -4.79. The van der Waals surface area contributed by atoms with Gasteiger partial charge >= 0.3 is 16.8 Å². The van der Waals surface area contributed by atoms with Gasteiger partial charge in [0, 0.05) is 114 Å². The number of hydrogen-bond donors (Lipinski definition) is 9. The quantitative estimate of drug-likeness (QED) is 0.0481. The molecule has 1 unspecified atom stereocenters. The molecule has 8 rings (SSSR count). The molecule has 93 heavy (non-hydrogen) atoms. The van der Waals surface area contributed by atoms with Gasteiger partial charge in [-0.3, -0.25) is 53.1 Å². The van der Waals surface area contributed by atoms with E-state index in [-0.39, 0.29) is 94.0 Å². The number of primary amides is 6. The van der Waals surface area contributed by atoms with E-state index < -0.39 is 143 Å². The molecule has 8 bridgehead atoms. The molecule has 508 valence electrons. The Kier molecular flexibility index (Phi) is 23.0. The van der Waals surface area contributed by atoms with E-state index in [2.05, 4.69) is 10.3 Å². The predicted molar refractivity (Wildman–Crippen MR) is 337 cm³/mol. The van der Waals surface area contributed by atoms with Gasteiger partial charge in [-0.2, -0.15) is 5.70 Å². The summed E-state index contributed by atoms with van der Waals surface area (Å²) in [6, 6.07) is 2.65. The Hall–Kier alpha value is -7.00. The number of aliphatic imine (C=N–C) groups is 3. The number of aromatic nitrogens is 2. The molecule has 30 heteroatoms. The molecule has 0 saturated carbocycles. The van der Waals surface area contributed by atoms with E-state index in [1.165, 1.54) is 17.8 Å². The van der Waals surface area contributed by atoms with Crippen LogP contribution in [0.5, 0.6) is 0 Å². The van der Waals surface area contributed by atoms with Crippen LogP contribution in [0.2, 0.25) is 0 Å². The first kappa shape index (κ1) is 75.0. The van der Waals surface area contributed by atoms with Gasteiger partial charge in [0.05, 0.1) is 30.1 Å². The summed E-state index contributed by atoms with van der Waals surface area (Å²) in [5.74, 6) is -7.40. The number of rotatable bonds is 26. The number of carbonyl (C=O) groups is 7. The first-order valence-electron chi connectivity index (χ1n) is 30.7. The molecule has 15 atom stereocenters. The molecule has 2 saturated heterocycles. The number of aliphatic hydroxyl groups is 2. The minimum atomic E-state index is -5.32. The Morgan fingerprint density at radius 1 is 0.806 bits per heavy atom. The number of phosphoric ester groups is 1.